The van der Waals surface area contributed by atoms with Crippen LogP contribution in [0.15, 0.2) is 18.6 Å². The summed E-state index contributed by atoms with van der Waals surface area (Å²) in [5.41, 5.74) is 6.14. The first kappa shape index (κ1) is 13.7. The van der Waals surface area contributed by atoms with E-state index in [0.717, 1.165) is 6.20 Å². The normalized spacial score (nSPS) is 13.5. The Bertz CT molecular complexity index is 604. The van der Waals surface area contributed by atoms with Gasteiger partial charge in [-0.2, -0.15) is 18.3 Å². The van der Waals surface area contributed by atoms with Crippen LogP contribution in [0.3, 0.4) is 0 Å². The van der Waals surface area contributed by atoms with E-state index in [4.69, 9.17) is 5.73 Å². The zero-order valence-corrected chi connectivity index (χ0v) is 10.5. The van der Waals surface area contributed by atoms with Gasteiger partial charge in [-0.25, -0.2) is 4.98 Å². The maximum absolute atomic E-state index is 12.4. The summed E-state index contributed by atoms with van der Waals surface area (Å²) in [6, 6.07) is -1.05. The number of hydrogen-bond acceptors (Lipinski definition) is 5. The monoisotopic (exact) mass is 290 g/mol. The van der Waals surface area contributed by atoms with Gasteiger partial charge >= 0.3 is 6.18 Å². The van der Waals surface area contributed by atoms with Crippen molar-refractivity contribution in [3.05, 3.63) is 34.0 Å². The number of alkyl halides is 3. The number of carbonyl (C=O) groups excluding carboxylic acids is 1. The van der Waals surface area contributed by atoms with E-state index in [1.807, 2.05) is 0 Å². The van der Waals surface area contributed by atoms with Crippen LogP contribution in [-0.4, -0.2) is 20.5 Å². The first-order valence-corrected chi connectivity index (χ1v) is 5.92. The molecule has 0 radical (unpaired) electrons. The third kappa shape index (κ3) is 2.82. The van der Waals surface area contributed by atoms with E-state index in [1.165, 1.54) is 17.1 Å². The summed E-state index contributed by atoms with van der Waals surface area (Å²) in [6.45, 7) is 0. The number of nitrogens with zero attached hydrogens (tertiary/aromatic N) is 3. The fourth-order valence-electron chi connectivity index (χ4n) is 1.42. The molecule has 2 N–H and O–H groups in total. The number of halogens is 3. The highest BCUT2D eigenvalue weighted by Gasteiger charge is 2.35. The van der Waals surface area contributed by atoms with Crippen molar-refractivity contribution in [2.45, 2.75) is 12.2 Å². The number of hydrogen-bond donors (Lipinski definition) is 1. The number of thiazole rings is 1. The predicted octanol–water partition coefficient (Wildman–Crippen LogP) is 1.78. The van der Waals surface area contributed by atoms with Crippen molar-refractivity contribution in [3.8, 4) is 0 Å². The summed E-state index contributed by atoms with van der Waals surface area (Å²) in [5, 5.41) is 2.79. The number of rotatable bonds is 3. The molecule has 0 aliphatic rings. The summed E-state index contributed by atoms with van der Waals surface area (Å²) in [4.78, 5) is 15.0. The molecular weight excluding hydrogens is 281 g/mol. The fourth-order valence-corrected chi connectivity index (χ4v) is 2.19. The molecule has 0 aliphatic carbocycles. The third-order valence-corrected chi connectivity index (χ3v) is 3.41. The van der Waals surface area contributed by atoms with Crippen molar-refractivity contribution in [1.82, 2.24) is 14.8 Å². The fraction of sp³-hybridized carbons (Fsp3) is 0.300. The highest BCUT2D eigenvalue weighted by Crippen LogP contribution is 2.33. The minimum Gasteiger partial charge on any atom is -0.317 e. The molecule has 1 unspecified atom stereocenters. The molecule has 9 heteroatoms. The van der Waals surface area contributed by atoms with E-state index < -0.39 is 23.0 Å². The SMILES string of the molecule is Cn1cc(C(N)C(=O)c2cnc(C(F)(F)F)s2)cn1. The highest BCUT2D eigenvalue weighted by atomic mass is 32.1. The Balaban J connectivity index is 2.22. The van der Waals surface area contributed by atoms with Crippen molar-refractivity contribution < 1.29 is 18.0 Å². The van der Waals surface area contributed by atoms with Crippen LogP contribution in [-0.2, 0) is 13.2 Å². The van der Waals surface area contributed by atoms with Crippen molar-refractivity contribution in [3.63, 3.8) is 0 Å². The van der Waals surface area contributed by atoms with Gasteiger partial charge in [0.15, 0.2) is 10.8 Å². The maximum atomic E-state index is 12.4. The van der Waals surface area contributed by atoms with Crippen molar-refractivity contribution in [2.75, 3.05) is 0 Å². The van der Waals surface area contributed by atoms with Crippen LogP contribution >= 0.6 is 11.3 Å². The second kappa shape index (κ2) is 4.74. The van der Waals surface area contributed by atoms with Crippen LogP contribution in [0.1, 0.15) is 26.3 Å². The second-order valence-corrected chi connectivity index (χ2v) is 4.85. The first-order valence-electron chi connectivity index (χ1n) is 5.10. The van der Waals surface area contributed by atoms with Gasteiger partial charge in [0.2, 0.25) is 0 Å². The van der Waals surface area contributed by atoms with E-state index in [2.05, 4.69) is 10.1 Å². The number of Topliss-reactive ketones (excluding diaryl/α,β-unsaturated/α-hetero) is 1. The zero-order chi connectivity index (χ0) is 14.2. The van der Waals surface area contributed by atoms with E-state index in [0.29, 0.717) is 5.56 Å². The smallest absolute Gasteiger partial charge is 0.317 e. The summed E-state index contributed by atoms with van der Waals surface area (Å²) in [6.07, 6.45) is -0.726. The van der Waals surface area contributed by atoms with E-state index >= 15 is 0 Å². The number of aromatic nitrogens is 3. The Labute approximate surface area is 109 Å². The lowest BCUT2D eigenvalue weighted by Gasteiger charge is -2.05. The molecular formula is C10H9F3N4OS. The summed E-state index contributed by atoms with van der Waals surface area (Å²) in [5.74, 6) is -0.610. The lowest BCUT2D eigenvalue weighted by Crippen LogP contribution is -2.20. The van der Waals surface area contributed by atoms with Crippen molar-refractivity contribution >= 4 is 17.1 Å². The van der Waals surface area contributed by atoms with Crippen LogP contribution in [0.4, 0.5) is 13.2 Å². The van der Waals surface area contributed by atoms with Gasteiger partial charge < -0.3 is 5.73 Å². The number of carbonyl (C=O) groups is 1. The van der Waals surface area contributed by atoms with Crippen LogP contribution in [0.5, 0.6) is 0 Å². The number of nitrogens with two attached hydrogens (primary N) is 1. The van der Waals surface area contributed by atoms with Gasteiger partial charge in [-0.05, 0) is 0 Å². The molecule has 0 amide bonds. The molecule has 0 aliphatic heterocycles. The van der Waals surface area contributed by atoms with Gasteiger partial charge in [-0.15, -0.1) is 11.3 Å². The Hall–Kier alpha value is -1.74. The van der Waals surface area contributed by atoms with Crippen molar-refractivity contribution in [1.29, 1.82) is 0 Å². The molecule has 2 heterocycles. The molecule has 5 nitrogen and oxygen atoms in total. The van der Waals surface area contributed by atoms with Gasteiger partial charge in [0, 0.05) is 25.0 Å². The molecule has 19 heavy (non-hydrogen) atoms. The Kier molecular flexibility index (Phi) is 3.42. The minimum atomic E-state index is -4.55. The summed E-state index contributed by atoms with van der Waals surface area (Å²) >= 11 is 0.285. The molecule has 0 aromatic carbocycles. The van der Waals surface area contributed by atoms with Gasteiger partial charge in [-0.1, -0.05) is 0 Å². The van der Waals surface area contributed by atoms with Crippen LogP contribution in [0.25, 0.3) is 0 Å². The van der Waals surface area contributed by atoms with Gasteiger partial charge in [0.05, 0.1) is 17.1 Å². The van der Waals surface area contributed by atoms with Crippen molar-refractivity contribution in [2.24, 2.45) is 12.8 Å². The van der Waals surface area contributed by atoms with Crippen LogP contribution in [0.2, 0.25) is 0 Å². The summed E-state index contributed by atoms with van der Waals surface area (Å²) < 4.78 is 38.6. The minimum absolute atomic E-state index is 0.122. The largest absolute Gasteiger partial charge is 0.443 e. The highest BCUT2D eigenvalue weighted by molar-refractivity contribution is 7.13. The topological polar surface area (TPSA) is 73.8 Å². The zero-order valence-electron chi connectivity index (χ0n) is 9.68. The van der Waals surface area contributed by atoms with E-state index in [9.17, 15) is 18.0 Å². The Morgan fingerprint density at radius 2 is 2.16 bits per heavy atom. The van der Waals surface area contributed by atoms with Gasteiger partial charge in [0.1, 0.15) is 0 Å². The quantitative estimate of drug-likeness (QED) is 0.874. The number of ketones is 1. The molecule has 0 spiro atoms. The average molecular weight is 290 g/mol. The maximum Gasteiger partial charge on any atom is 0.443 e. The third-order valence-electron chi connectivity index (χ3n) is 2.36. The Morgan fingerprint density at radius 1 is 1.47 bits per heavy atom. The second-order valence-electron chi connectivity index (χ2n) is 3.82. The lowest BCUT2D eigenvalue weighted by molar-refractivity contribution is -0.137. The first-order chi connectivity index (χ1) is 8.79. The molecule has 0 saturated carbocycles. The summed E-state index contributed by atoms with van der Waals surface area (Å²) in [7, 11) is 1.65. The lowest BCUT2D eigenvalue weighted by atomic mass is 10.1. The van der Waals surface area contributed by atoms with Gasteiger partial charge in [0.25, 0.3) is 0 Å². The standard InChI is InChI=1S/C10H9F3N4OS/c1-17-4-5(2-16-17)7(14)8(18)6-3-15-9(19-6)10(11,12)13/h2-4,7H,14H2,1H3. The molecule has 0 fully saturated rings. The molecule has 2 rings (SSSR count). The van der Waals surface area contributed by atoms with Gasteiger partial charge in [-0.3, -0.25) is 9.48 Å². The van der Waals surface area contributed by atoms with Crippen LogP contribution in [0, 0.1) is 0 Å². The Morgan fingerprint density at radius 3 is 2.63 bits per heavy atom. The van der Waals surface area contributed by atoms with E-state index in [-0.39, 0.29) is 16.2 Å². The number of aryl methyl sites for hydroxylation is 1. The molecule has 102 valence electrons. The predicted molar refractivity (Wildman–Crippen MR) is 61.6 cm³/mol. The molecule has 2 aromatic heterocycles. The average Bonchev–Trinajstić information content (AvgIpc) is 2.94. The van der Waals surface area contributed by atoms with E-state index in [1.54, 1.807) is 7.05 Å². The molecule has 0 saturated heterocycles. The van der Waals surface area contributed by atoms with Crippen LogP contribution < -0.4 is 5.73 Å². The molecule has 1 atom stereocenters. The molecule has 0 bridgehead atoms. The molecule has 2 aromatic rings.